The minimum Gasteiger partial charge on any atom is -0.381 e. The summed E-state index contributed by atoms with van der Waals surface area (Å²) in [6.45, 7) is 4.50. The molecule has 1 N–H and O–H groups in total. The molecule has 1 saturated carbocycles. The van der Waals surface area contributed by atoms with E-state index in [0.717, 1.165) is 50.3 Å². The number of nitrogens with zero attached hydrogens (tertiary/aromatic N) is 3. The third-order valence-corrected chi connectivity index (χ3v) is 6.61. The Bertz CT molecular complexity index is 766. The molecule has 0 bridgehead atoms. The van der Waals surface area contributed by atoms with Crippen molar-refractivity contribution in [3.8, 4) is 0 Å². The summed E-state index contributed by atoms with van der Waals surface area (Å²) >= 11 is 0. The molecular formula is C20H27FN4O3. The van der Waals surface area contributed by atoms with Crippen LogP contribution in [0.25, 0.3) is 0 Å². The van der Waals surface area contributed by atoms with E-state index >= 15 is 0 Å². The Balaban J connectivity index is 1.33. The third kappa shape index (κ3) is 3.26. The van der Waals surface area contributed by atoms with Crippen molar-refractivity contribution in [2.45, 2.75) is 49.8 Å². The number of hydrogen-bond acceptors (Lipinski definition) is 6. The molecule has 1 amide bonds. The minimum atomic E-state index is -1.62. The summed E-state index contributed by atoms with van der Waals surface area (Å²) < 4.78 is 25.5. The van der Waals surface area contributed by atoms with E-state index in [0.29, 0.717) is 51.0 Å². The molecule has 28 heavy (non-hydrogen) atoms. The van der Waals surface area contributed by atoms with Gasteiger partial charge in [-0.05, 0) is 38.0 Å². The van der Waals surface area contributed by atoms with Gasteiger partial charge in [0.25, 0.3) is 5.91 Å². The fraction of sp³-hybridized carbons (Fsp3) is 0.750. The first kappa shape index (κ1) is 18.2. The van der Waals surface area contributed by atoms with Gasteiger partial charge in [-0.25, -0.2) is 14.4 Å². The van der Waals surface area contributed by atoms with Gasteiger partial charge >= 0.3 is 0 Å². The second kappa shape index (κ2) is 6.91. The molecule has 4 aliphatic rings. The number of alkyl halides is 1. The van der Waals surface area contributed by atoms with Crippen LogP contribution >= 0.6 is 0 Å². The van der Waals surface area contributed by atoms with Gasteiger partial charge in [0.2, 0.25) is 5.95 Å². The molecule has 1 aromatic heterocycles. The van der Waals surface area contributed by atoms with Crippen LogP contribution in [-0.2, 0) is 26.3 Å². The molecule has 3 fully saturated rings. The molecule has 1 aliphatic carbocycles. The quantitative estimate of drug-likeness (QED) is 0.845. The van der Waals surface area contributed by atoms with Gasteiger partial charge in [-0.3, -0.25) is 4.79 Å². The standard InChI is InChI=1S/C20H27FN4O3/c21-20(3-4-20)17(26)25-6-5-19(12-25)13-28-11-15-10-23-18(24-16(15)19)22-9-14-1-7-27-8-2-14/h10,14H,1-9,11-13H2,(H,22,23,24). The Kier molecular flexibility index (Phi) is 4.50. The van der Waals surface area contributed by atoms with Crippen LogP contribution in [0.15, 0.2) is 6.20 Å². The highest BCUT2D eigenvalue weighted by Gasteiger charge is 2.56. The second-order valence-electron chi connectivity index (χ2n) is 8.72. The third-order valence-electron chi connectivity index (χ3n) is 6.61. The van der Waals surface area contributed by atoms with Crippen molar-refractivity contribution in [1.82, 2.24) is 14.9 Å². The van der Waals surface area contributed by atoms with Crippen molar-refractivity contribution in [3.63, 3.8) is 0 Å². The molecule has 1 aromatic rings. The summed E-state index contributed by atoms with van der Waals surface area (Å²) in [5.41, 5.74) is -0.0424. The Morgan fingerprint density at radius 1 is 1.29 bits per heavy atom. The van der Waals surface area contributed by atoms with Gasteiger partial charge in [0.1, 0.15) is 0 Å². The fourth-order valence-corrected chi connectivity index (χ4v) is 4.63. The maximum Gasteiger partial charge on any atom is 0.260 e. The predicted molar refractivity (Wildman–Crippen MR) is 99.7 cm³/mol. The van der Waals surface area contributed by atoms with E-state index in [9.17, 15) is 9.18 Å². The monoisotopic (exact) mass is 390 g/mol. The van der Waals surface area contributed by atoms with Crippen molar-refractivity contribution < 1.29 is 18.7 Å². The van der Waals surface area contributed by atoms with Gasteiger partial charge in [-0.15, -0.1) is 0 Å². The van der Waals surface area contributed by atoms with Gasteiger partial charge in [-0.1, -0.05) is 0 Å². The molecule has 4 heterocycles. The summed E-state index contributed by atoms with van der Waals surface area (Å²) in [7, 11) is 0. The first-order chi connectivity index (χ1) is 13.6. The van der Waals surface area contributed by atoms with Crippen LogP contribution in [0.2, 0.25) is 0 Å². The molecule has 0 radical (unpaired) electrons. The first-order valence-corrected chi connectivity index (χ1v) is 10.3. The zero-order valence-electron chi connectivity index (χ0n) is 16.1. The van der Waals surface area contributed by atoms with E-state index < -0.39 is 5.67 Å². The lowest BCUT2D eigenvalue weighted by atomic mass is 9.80. The molecule has 2 saturated heterocycles. The van der Waals surface area contributed by atoms with Gasteiger partial charge in [0, 0.05) is 44.6 Å². The van der Waals surface area contributed by atoms with Crippen LogP contribution < -0.4 is 5.32 Å². The maximum atomic E-state index is 14.3. The fourth-order valence-electron chi connectivity index (χ4n) is 4.63. The van der Waals surface area contributed by atoms with Gasteiger partial charge in [0.15, 0.2) is 5.67 Å². The highest BCUT2D eigenvalue weighted by Crippen LogP contribution is 2.45. The summed E-state index contributed by atoms with van der Waals surface area (Å²) in [6, 6.07) is 0. The Labute approximate surface area is 164 Å². The van der Waals surface area contributed by atoms with Crippen molar-refractivity contribution in [3.05, 3.63) is 17.5 Å². The zero-order valence-corrected chi connectivity index (χ0v) is 16.1. The predicted octanol–water partition coefficient (Wildman–Crippen LogP) is 1.82. The number of hydrogen-bond donors (Lipinski definition) is 1. The number of amides is 1. The number of rotatable bonds is 4. The molecule has 1 atom stereocenters. The smallest absolute Gasteiger partial charge is 0.260 e. The van der Waals surface area contributed by atoms with Gasteiger partial charge < -0.3 is 19.7 Å². The number of nitrogens with one attached hydrogen (secondary N) is 1. The normalized spacial score (nSPS) is 29.0. The summed E-state index contributed by atoms with van der Waals surface area (Å²) in [5, 5.41) is 3.38. The van der Waals surface area contributed by atoms with Crippen LogP contribution in [-0.4, -0.2) is 65.9 Å². The van der Waals surface area contributed by atoms with E-state index in [2.05, 4.69) is 10.3 Å². The molecule has 1 unspecified atom stereocenters. The number of carbonyl (C=O) groups is 1. The van der Waals surface area contributed by atoms with Crippen molar-refractivity contribution in [2.75, 3.05) is 44.8 Å². The minimum absolute atomic E-state index is 0.352. The van der Waals surface area contributed by atoms with Crippen molar-refractivity contribution in [1.29, 1.82) is 0 Å². The van der Waals surface area contributed by atoms with Gasteiger partial charge in [0.05, 0.1) is 24.3 Å². The molecule has 8 heteroatoms. The average molecular weight is 390 g/mol. The first-order valence-electron chi connectivity index (χ1n) is 10.3. The number of aromatic nitrogens is 2. The molecular weight excluding hydrogens is 363 g/mol. The highest BCUT2D eigenvalue weighted by atomic mass is 19.1. The number of ether oxygens (including phenoxy) is 2. The highest BCUT2D eigenvalue weighted by molar-refractivity contribution is 5.88. The molecule has 3 aliphatic heterocycles. The Morgan fingerprint density at radius 3 is 2.89 bits per heavy atom. The van der Waals surface area contributed by atoms with E-state index in [-0.39, 0.29) is 11.3 Å². The number of likely N-dealkylation sites (tertiary alicyclic amines) is 1. The summed E-state index contributed by atoms with van der Waals surface area (Å²) in [6.07, 6.45) is 5.39. The van der Waals surface area contributed by atoms with Crippen LogP contribution in [0, 0.1) is 5.92 Å². The number of fused-ring (bicyclic) bond motifs is 2. The van der Waals surface area contributed by atoms with Crippen molar-refractivity contribution in [2.24, 2.45) is 5.92 Å². The Morgan fingerprint density at radius 2 is 2.11 bits per heavy atom. The molecule has 152 valence electrons. The van der Waals surface area contributed by atoms with Crippen molar-refractivity contribution >= 4 is 11.9 Å². The number of halogens is 1. The molecule has 7 nitrogen and oxygen atoms in total. The average Bonchev–Trinajstić information content (AvgIpc) is 3.35. The molecule has 1 spiro atoms. The zero-order chi connectivity index (χ0) is 19.2. The van der Waals surface area contributed by atoms with Crippen LogP contribution in [0.3, 0.4) is 0 Å². The molecule has 0 aromatic carbocycles. The number of carbonyl (C=O) groups excluding carboxylic acids is 1. The maximum absolute atomic E-state index is 14.3. The Hall–Kier alpha value is -1.80. The van der Waals surface area contributed by atoms with Gasteiger partial charge in [-0.2, -0.15) is 0 Å². The number of anilines is 1. The topological polar surface area (TPSA) is 76.6 Å². The van der Waals surface area contributed by atoms with Crippen LogP contribution in [0.4, 0.5) is 10.3 Å². The molecule has 5 rings (SSSR count). The van der Waals surface area contributed by atoms with Crippen LogP contribution in [0.5, 0.6) is 0 Å². The largest absolute Gasteiger partial charge is 0.381 e. The van der Waals surface area contributed by atoms with Crippen LogP contribution in [0.1, 0.15) is 43.4 Å². The van der Waals surface area contributed by atoms with E-state index in [4.69, 9.17) is 14.5 Å². The lowest BCUT2D eigenvalue weighted by Gasteiger charge is -2.34. The summed E-state index contributed by atoms with van der Waals surface area (Å²) in [5.74, 6) is 0.841. The second-order valence-corrected chi connectivity index (χ2v) is 8.72. The SMILES string of the molecule is O=C(N1CCC2(COCc3cnc(NCC4CCOCC4)nc32)C1)C1(F)CC1. The lowest BCUT2D eigenvalue weighted by Crippen LogP contribution is -2.44. The summed E-state index contributed by atoms with van der Waals surface area (Å²) in [4.78, 5) is 23.4. The lowest BCUT2D eigenvalue weighted by molar-refractivity contribution is -0.137. The van der Waals surface area contributed by atoms with E-state index in [1.807, 2.05) is 6.20 Å². The van der Waals surface area contributed by atoms with E-state index in [1.54, 1.807) is 4.90 Å². The van der Waals surface area contributed by atoms with E-state index in [1.165, 1.54) is 0 Å².